The van der Waals surface area contributed by atoms with Gasteiger partial charge in [0.05, 0.1) is 36.8 Å². The number of aromatic nitrogens is 2. The number of nitrogens with zero attached hydrogens (tertiary/aromatic N) is 4. The molecule has 40 heavy (non-hydrogen) atoms. The highest BCUT2D eigenvalue weighted by Crippen LogP contribution is 2.37. The molecule has 0 saturated heterocycles. The van der Waals surface area contributed by atoms with Crippen molar-refractivity contribution >= 4 is 23.3 Å². The van der Waals surface area contributed by atoms with Crippen LogP contribution < -0.4 is 21.3 Å². The fraction of sp³-hybridized carbons (Fsp3) is 0.400. The van der Waals surface area contributed by atoms with E-state index in [1.807, 2.05) is 37.3 Å². The molecule has 0 radical (unpaired) electrons. The summed E-state index contributed by atoms with van der Waals surface area (Å²) in [5.74, 6) is 5.29. The van der Waals surface area contributed by atoms with Crippen LogP contribution in [0.4, 0.5) is 11.4 Å². The van der Waals surface area contributed by atoms with Crippen molar-refractivity contribution < 1.29 is 19.4 Å². The number of carbonyl (C=O) groups is 2. The maximum atomic E-state index is 13.3. The van der Waals surface area contributed by atoms with E-state index in [0.29, 0.717) is 44.2 Å². The lowest BCUT2D eigenvalue weighted by molar-refractivity contribution is -0.137. The van der Waals surface area contributed by atoms with Gasteiger partial charge in [-0.2, -0.15) is 0 Å². The van der Waals surface area contributed by atoms with Crippen molar-refractivity contribution in [2.45, 2.75) is 57.9 Å². The molecule has 2 aromatic carbocycles. The van der Waals surface area contributed by atoms with Gasteiger partial charge in [-0.25, -0.2) is 15.8 Å². The van der Waals surface area contributed by atoms with Gasteiger partial charge in [-0.05, 0) is 66.5 Å². The van der Waals surface area contributed by atoms with Crippen LogP contribution in [0.15, 0.2) is 42.7 Å². The molecule has 1 atom stereocenters. The molecule has 3 aromatic rings. The van der Waals surface area contributed by atoms with Gasteiger partial charge >= 0.3 is 5.97 Å². The minimum Gasteiger partial charge on any atom is -0.481 e. The van der Waals surface area contributed by atoms with Gasteiger partial charge in [0.2, 0.25) is 5.88 Å². The number of nitrogens with two attached hydrogens (primary N) is 2. The van der Waals surface area contributed by atoms with Gasteiger partial charge in [-0.3, -0.25) is 9.59 Å². The molecular weight excluding hydrogens is 508 g/mol. The Morgan fingerprint density at radius 1 is 1.07 bits per heavy atom. The van der Waals surface area contributed by atoms with Gasteiger partial charge in [-0.1, -0.05) is 30.7 Å². The summed E-state index contributed by atoms with van der Waals surface area (Å²) in [7, 11) is 0. The van der Waals surface area contributed by atoms with E-state index in [2.05, 4.69) is 9.97 Å². The molecule has 1 unspecified atom stereocenters. The van der Waals surface area contributed by atoms with E-state index >= 15 is 0 Å². The number of aliphatic carboxylic acids is 1. The van der Waals surface area contributed by atoms with E-state index in [0.717, 1.165) is 59.2 Å². The van der Waals surface area contributed by atoms with Crippen LogP contribution in [0.5, 0.6) is 5.88 Å². The molecule has 0 saturated carbocycles. The van der Waals surface area contributed by atoms with Crippen molar-refractivity contribution in [2.75, 3.05) is 30.4 Å². The topological polar surface area (TPSA) is 148 Å². The number of ether oxygens (including phenoxy) is 1. The number of nitrogen functional groups attached to an aromatic ring is 1. The Balaban J connectivity index is 1.52. The summed E-state index contributed by atoms with van der Waals surface area (Å²) in [6, 6.07) is 9.90. The predicted octanol–water partition coefficient (Wildman–Crippen LogP) is 3.81. The third-order valence-electron chi connectivity index (χ3n) is 7.92. The van der Waals surface area contributed by atoms with Gasteiger partial charge in [0, 0.05) is 25.6 Å². The lowest BCUT2D eigenvalue weighted by atomic mass is 9.83. The molecule has 0 fully saturated rings. The van der Waals surface area contributed by atoms with Gasteiger partial charge in [0.15, 0.2) is 0 Å². The highest BCUT2D eigenvalue weighted by atomic mass is 16.5. The average molecular weight is 545 g/mol. The van der Waals surface area contributed by atoms with Crippen LogP contribution >= 0.6 is 0 Å². The summed E-state index contributed by atoms with van der Waals surface area (Å²) in [6.07, 6.45) is 7.28. The second-order valence-corrected chi connectivity index (χ2v) is 10.6. The molecule has 1 aromatic heterocycles. The van der Waals surface area contributed by atoms with E-state index in [1.54, 1.807) is 9.91 Å². The molecule has 0 aliphatic carbocycles. The highest BCUT2D eigenvalue weighted by Gasteiger charge is 2.27. The summed E-state index contributed by atoms with van der Waals surface area (Å²) >= 11 is 0. The van der Waals surface area contributed by atoms with Crippen LogP contribution in [0.25, 0.3) is 0 Å². The molecule has 1 amide bonds. The molecule has 210 valence electrons. The second kappa shape index (κ2) is 11.9. The average Bonchev–Trinajstić information content (AvgIpc) is 2.95. The Bertz CT molecular complexity index is 1390. The van der Waals surface area contributed by atoms with Gasteiger partial charge in [-0.15, -0.1) is 0 Å². The zero-order valence-electron chi connectivity index (χ0n) is 22.8. The van der Waals surface area contributed by atoms with Crippen molar-refractivity contribution in [2.24, 2.45) is 5.84 Å². The van der Waals surface area contributed by atoms with E-state index < -0.39 is 11.9 Å². The Morgan fingerprint density at radius 3 is 2.67 bits per heavy atom. The maximum Gasteiger partial charge on any atom is 0.304 e. The Kier molecular flexibility index (Phi) is 8.16. The molecule has 10 heteroatoms. The van der Waals surface area contributed by atoms with E-state index in [1.165, 1.54) is 12.4 Å². The molecule has 6 heterocycles. The number of hydrazine groups is 1. The van der Waals surface area contributed by atoms with Crippen molar-refractivity contribution in [3.8, 4) is 5.88 Å². The van der Waals surface area contributed by atoms with Crippen LogP contribution in [0.2, 0.25) is 0 Å². The van der Waals surface area contributed by atoms with Crippen molar-refractivity contribution in [1.29, 1.82) is 0 Å². The maximum absolute atomic E-state index is 13.3. The first-order chi connectivity index (χ1) is 19.3. The van der Waals surface area contributed by atoms with Crippen molar-refractivity contribution in [3.05, 3.63) is 76.2 Å². The molecule has 0 spiro atoms. The Morgan fingerprint density at radius 2 is 1.90 bits per heavy atom. The number of anilines is 2. The largest absolute Gasteiger partial charge is 0.481 e. The molecule has 5 N–H and O–H groups in total. The summed E-state index contributed by atoms with van der Waals surface area (Å²) in [5.41, 5.74) is 12.8. The van der Waals surface area contributed by atoms with Crippen molar-refractivity contribution in [3.63, 3.8) is 0 Å². The predicted molar refractivity (Wildman–Crippen MR) is 152 cm³/mol. The summed E-state index contributed by atoms with van der Waals surface area (Å²) in [4.78, 5) is 35.6. The fourth-order valence-electron chi connectivity index (χ4n) is 5.61. The third kappa shape index (κ3) is 5.86. The standard InChI is InChI=1S/C30H36N6O4/c1-19-23-8-9-26(29(19)31)36(32)11-4-2-3-5-13-40-27-17-33-25(16-34-27)30(39)35-12-10-20-6-7-21(14-22(20)18-35)24(23)15-28(37)38/h6-9,14,16-17,24H,2-5,10-13,15,18,31-32H2,1H3,(H,37,38). The Labute approximate surface area is 233 Å². The summed E-state index contributed by atoms with van der Waals surface area (Å²) in [5, 5.41) is 11.5. The van der Waals surface area contributed by atoms with Crippen LogP contribution in [0.1, 0.15) is 76.3 Å². The number of hydrogen-bond donors (Lipinski definition) is 3. The molecule has 8 rings (SSSR count). The number of benzene rings is 2. The summed E-state index contributed by atoms with van der Waals surface area (Å²) < 4.78 is 5.72. The second-order valence-electron chi connectivity index (χ2n) is 10.6. The highest BCUT2D eigenvalue weighted by molar-refractivity contribution is 5.92. The van der Waals surface area contributed by atoms with E-state index in [-0.39, 0.29) is 18.0 Å². The number of carboxylic acid groups (broad SMARTS) is 1. The first-order valence-corrected chi connectivity index (χ1v) is 13.8. The SMILES string of the molecule is Cc1c2ccc(c1N)N(N)CCCCCCOc1cnc(cn1)C(=O)N1CCc3ccc(cc3C1)C2CC(=O)O. The Hall–Kier alpha value is -4.18. The van der Waals surface area contributed by atoms with Crippen LogP contribution in [0.3, 0.4) is 0 Å². The monoisotopic (exact) mass is 544 g/mol. The van der Waals surface area contributed by atoms with Crippen molar-refractivity contribution in [1.82, 2.24) is 14.9 Å². The van der Waals surface area contributed by atoms with Gasteiger partial charge in [0.25, 0.3) is 5.91 Å². The number of rotatable bonds is 2. The molecular formula is C30H36N6O4. The fourth-order valence-corrected chi connectivity index (χ4v) is 5.61. The first kappa shape index (κ1) is 27.4. The van der Waals surface area contributed by atoms with Crippen LogP contribution in [-0.2, 0) is 17.8 Å². The molecule has 5 aliphatic rings. The normalized spacial score (nSPS) is 18.1. The summed E-state index contributed by atoms with van der Waals surface area (Å²) in [6.45, 7) is 4.05. The molecule has 7 bridgehead atoms. The number of carboxylic acids is 1. The van der Waals surface area contributed by atoms with Gasteiger partial charge in [0.1, 0.15) is 5.69 Å². The molecule has 5 aliphatic heterocycles. The minimum atomic E-state index is -0.898. The van der Waals surface area contributed by atoms with Crippen LogP contribution in [-0.4, -0.2) is 51.5 Å². The zero-order chi connectivity index (χ0) is 28.2. The number of amides is 1. The van der Waals surface area contributed by atoms with Crippen LogP contribution in [0, 0.1) is 6.92 Å². The zero-order valence-corrected chi connectivity index (χ0v) is 22.8. The third-order valence-corrected chi connectivity index (χ3v) is 7.92. The lowest BCUT2D eigenvalue weighted by Crippen LogP contribution is -2.36. The van der Waals surface area contributed by atoms with E-state index in [4.69, 9.17) is 16.3 Å². The minimum absolute atomic E-state index is 0.0859. The number of carbonyl (C=O) groups excluding carboxylic acids is 1. The smallest absolute Gasteiger partial charge is 0.304 e. The number of hydrogen-bond acceptors (Lipinski definition) is 8. The lowest BCUT2D eigenvalue weighted by Gasteiger charge is -2.30. The van der Waals surface area contributed by atoms with Gasteiger partial charge < -0.3 is 25.5 Å². The quantitative estimate of drug-likeness (QED) is 0.323. The molecule has 10 nitrogen and oxygen atoms in total. The van der Waals surface area contributed by atoms with E-state index in [9.17, 15) is 14.7 Å². The first-order valence-electron chi connectivity index (χ1n) is 13.8.